The molecule has 0 saturated carbocycles. The van der Waals surface area contributed by atoms with Crippen LogP contribution < -0.4 is 18.3 Å². The number of aromatic nitrogens is 4. The van der Waals surface area contributed by atoms with E-state index in [1.54, 1.807) is 0 Å². The molecular weight excluding hydrogens is 1520 g/mol. The van der Waals surface area contributed by atoms with Gasteiger partial charge >= 0.3 is 0 Å². The zero-order valence-electron chi connectivity index (χ0n) is 64.6. The SMILES string of the molecule is Cc1cc(-c2c(C)ccc3c2oc2c3ccc3c4ccccc4sc32)[n+](C)cc1C.Cc1ccccc1-c1c2sc3cc4sc5ccccc5c4cc3c2cc[n+]1C.Cc1ccccc1-c1c2sc3ccc4c5ccccc5sc4c3c2cc[n+]1C.Cc1ccccc1-c1c2sc3ccc4sc5ccccc5c4c3c2cc[n+]1C. The first-order chi connectivity index (χ1) is 55.7. The molecule has 24 aromatic rings. The minimum absolute atomic E-state index is 0.980. The highest BCUT2D eigenvalue weighted by Gasteiger charge is 2.28. The Morgan fingerprint density at radius 1 is 0.228 bits per heavy atom. The van der Waals surface area contributed by atoms with E-state index in [2.05, 4.69) is 368 Å². The third-order valence-corrected chi connectivity index (χ3v) is 31.5. The second-order valence-electron chi connectivity index (χ2n) is 30.4. The molecule has 0 aliphatic carbocycles. The summed E-state index contributed by atoms with van der Waals surface area (Å²) in [6.45, 7) is 13.1. The number of benzene rings is 12. The van der Waals surface area contributed by atoms with E-state index in [-0.39, 0.29) is 0 Å². The summed E-state index contributed by atoms with van der Waals surface area (Å²) in [6.07, 6.45) is 8.83. The number of thiophene rings is 7. The molecule has 0 saturated heterocycles. The van der Waals surface area contributed by atoms with Crippen LogP contribution >= 0.6 is 79.4 Å². The number of furan rings is 1. The minimum Gasteiger partial charge on any atom is -0.454 e. The highest BCUT2D eigenvalue weighted by Crippen LogP contribution is 2.51. The van der Waals surface area contributed by atoms with Crippen molar-refractivity contribution in [2.24, 2.45) is 28.2 Å². The van der Waals surface area contributed by atoms with Gasteiger partial charge in [0.2, 0.25) is 22.8 Å². The lowest BCUT2D eigenvalue weighted by Crippen LogP contribution is -2.31. The van der Waals surface area contributed by atoms with Crippen LogP contribution in [0, 0.1) is 41.5 Å². The van der Waals surface area contributed by atoms with Crippen LogP contribution in [0.5, 0.6) is 0 Å². The molecule has 12 heterocycles. The van der Waals surface area contributed by atoms with Gasteiger partial charge < -0.3 is 4.42 Å². The summed E-state index contributed by atoms with van der Waals surface area (Å²) < 4.78 is 34.7. The molecule has 0 bridgehead atoms. The minimum atomic E-state index is 0.980. The Morgan fingerprint density at radius 2 is 0.605 bits per heavy atom. The van der Waals surface area contributed by atoms with Crippen LogP contribution in [0.15, 0.2) is 284 Å². The summed E-state index contributed by atoms with van der Waals surface area (Å²) in [6, 6.07) is 93.0. The molecule has 12 heteroatoms. The number of hydrogen-bond donors (Lipinski definition) is 0. The van der Waals surface area contributed by atoms with Crippen molar-refractivity contribution in [1.29, 1.82) is 0 Å². The first kappa shape index (κ1) is 70.4. The maximum absolute atomic E-state index is 6.68. The van der Waals surface area contributed by atoms with Crippen molar-refractivity contribution >= 4 is 243 Å². The number of hydrogen-bond acceptors (Lipinski definition) is 8. The van der Waals surface area contributed by atoms with Gasteiger partial charge in [-0.05, 0) is 148 Å². The summed E-state index contributed by atoms with van der Waals surface area (Å²) in [4.78, 5) is 0. The van der Waals surface area contributed by atoms with Crippen LogP contribution in [0.25, 0.3) is 208 Å². The molecule has 0 unspecified atom stereocenters. The standard InChI is InChI=1S/C27H22NOS.3C25H18NS2/c1-15-9-10-19-20-11-12-21-18-7-5-6-8-23(18)30-27(21)26(20)29-25(19)24(15)22-13-16(2)17(3)14-28(22)4;1-15-7-3-4-8-16(15)24-25-18(11-12-26(24)2)20-13-19-17-9-5-6-10-21(17)27-22(19)14-23(20)28-25;1-15-7-3-4-8-16(15)24-25-18(13-14-26(24)2)23-21(28-25)12-11-20-22(23)17-9-5-6-10-19(17)27-20;1-15-7-3-4-8-16(15)23-25-19(13-14-26(23)2)22-21(28-25)12-11-18-17-9-5-6-10-20(17)27-24(18)22/h5-14H,1-4H3;3*3-14H,1-2H3/q4*+1. The van der Waals surface area contributed by atoms with Gasteiger partial charge in [0, 0.05) is 163 Å². The van der Waals surface area contributed by atoms with Gasteiger partial charge in [-0.1, -0.05) is 152 Å². The van der Waals surface area contributed by atoms with Crippen LogP contribution in [-0.4, -0.2) is 0 Å². The summed E-state index contributed by atoms with van der Waals surface area (Å²) in [7, 11) is 8.58. The molecule has 12 aromatic heterocycles. The maximum Gasteiger partial charge on any atom is 0.230 e. The largest absolute Gasteiger partial charge is 0.454 e. The topological polar surface area (TPSA) is 28.7 Å². The number of rotatable bonds is 4. The van der Waals surface area contributed by atoms with Crippen LogP contribution in [0.2, 0.25) is 0 Å². The number of fused-ring (bicyclic) bond motifs is 27. The lowest BCUT2D eigenvalue weighted by Gasteiger charge is -2.07. The van der Waals surface area contributed by atoms with Gasteiger partial charge in [-0.15, -0.1) is 79.4 Å². The molecule has 12 aromatic carbocycles. The van der Waals surface area contributed by atoms with Crippen LogP contribution in [0.1, 0.15) is 33.4 Å². The van der Waals surface area contributed by atoms with Crippen molar-refractivity contribution in [3.63, 3.8) is 0 Å². The molecule has 0 amide bonds. The van der Waals surface area contributed by atoms with E-state index in [1.807, 2.05) is 79.4 Å². The predicted molar refractivity (Wildman–Crippen MR) is 498 cm³/mol. The second-order valence-corrected chi connectivity index (χ2v) is 37.8. The van der Waals surface area contributed by atoms with Crippen molar-refractivity contribution in [3.05, 3.63) is 313 Å². The summed E-state index contributed by atoms with van der Waals surface area (Å²) in [5, 5.41) is 21.5. The first-order valence-corrected chi connectivity index (χ1v) is 44.3. The second kappa shape index (κ2) is 27.7. The quantitative estimate of drug-likeness (QED) is 0.161. The summed E-state index contributed by atoms with van der Waals surface area (Å²) >= 11 is 13.3. The molecule has 0 aliphatic heterocycles. The molecule has 0 aliphatic rings. The molecule has 24 rings (SSSR count). The molecule has 0 fully saturated rings. The molecule has 548 valence electrons. The Kier molecular flexibility index (Phi) is 17.1. The lowest BCUT2D eigenvalue weighted by molar-refractivity contribution is -0.660. The highest BCUT2D eigenvalue weighted by molar-refractivity contribution is 7.31. The van der Waals surface area contributed by atoms with E-state index < -0.39 is 0 Å². The van der Waals surface area contributed by atoms with Crippen LogP contribution in [0.4, 0.5) is 0 Å². The van der Waals surface area contributed by atoms with Crippen LogP contribution in [0.3, 0.4) is 0 Å². The number of pyridine rings is 4. The Morgan fingerprint density at radius 3 is 1.20 bits per heavy atom. The van der Waals surface area contributed by atoms with Crippen molar-refractivity contribution in [1.82, 2.24) is 0 Å². The molecule has 0 spiro atoms. The molecule has 0 radical (unpaired) electrons. The van der Waals surface area contributed by atoms with E-state index in [1.165, 1.54) is 230 Å². The highest BCUT2D eigenvalue weighted by atomic mass is 32.1. The predicted octanol–water partition coefficient (Wildman–Crippen LogP) is 29.0. The van der Waals surface area contributed by atoms with Crippen molar-refractivity contribution in [2.75, 3.05) is 0 Å². The van der Waals surface area contributed by atoms with Gasteiger partial charge in [0.25, 0.3) is 0 Å². The number of aryl methyl sites for hydroxylation is 10. The van der Waals surface area contributed by atoms with E-state index >= 15 is 0 Å². The average Bonchev–Trinajstić information content (AvgIpc) is 1.58. The van der Waals surface area contributed by atoms with Gasteiger partial charge in [-0.2, -0.15) is 13.7 Å². The zero-order chi connectivity index (χ0) is 77.1. The fourth-order valence-electron chi connectivity index (χ4n) is 17.5. The Bertz CT molecular complexity index is 8130. The smallest absolute Gasteiger partial charge is 0.230 e. The molecular formula is C102H76N4OS7+4. The summed E-state index contributed by atoms with van der Waals surface area (Å²) in [5.41, 5.74) is 20.0. The molecule has 5 nitrogen and oxygen atoms in total. The third-order valence-electron chi connectivity index (χ3n) is 23.4. The fraction of sp³-hybridized carbons (Fsp3) is 0.0980. The average molecular weight is 1600 g/mol. The van der Waals surface area contributed by atoms with Crippen LogP contribution in [-0.2, 0) is 28.2 Å². The Hall–Kier alpha value is -11.4. The molecule has 0 atom stereocenters. The van der Waals surface area contributed by atoms with E-state index in [0.29, 0.717) is 0 Å². The Labute approximate surface area is 686 Å². The van der Waals surface area contributed by atoms with Crippen molar-refractivity contribution in [3.8, 4) is 45.0 Å². The van der Waals surface area contributed by atoms with Gasteiger partial charge in [0.1, 0.15) is 47.9 Å². The molecule has 0 N–H and O–H groups in total. The first-order valence-electron chi connectivity index (χ1n) is 38.6. The van der Waals surface area contributed by atoms with Gasteiger partial charge in [0.05, 0.1) is 27.0 Å². The van der Waals surface area contributed by atoms with Gasteiger partial charge in [-0.3, -0.25) is 0 Å². The Balaban J connectivity index is 0.0000000955. The normalized spacial score (nSPS) is 11.9. The van der Waals surface area contributed by atoms with E-state index in [0.717, 1.165) is 11.2 Å². The number of nitrogens with zero attached hydrogens (tertiary/aromatic N) is 4. The lowest BCUT2D eigenvalue weighted by atomic mass is 9.99. The van der Waals surface area contributed by atoms with Crippen molar-refractivity contribution < 1.29 is 22.7 Å². The fourth-order valence-corrected chi connectivity index (χ4v) is 26.3. The van der Waals surface area contributed by atoms with E-state index in [4.69, 9.17) is 4.42 Å². The van der Waals surface area contributed by atoms with E-state index in [9.17, 15) is 0 Å². The molecule has 114 heavy (non-hydrogen) atoms. The van der Waals surface area contributed by atoms with Gasteiger partial charge in [0.15, 0.2) is 30.4 Å². The monoisotopic (exact) mass is 1600 g/mol. The zero-order valence-corrected chi connectivity index (χ0v) is 70.3. The third kappa shape index (κ3) is 11.3. The summed E-state index contributed by atoms with van der Waals surface area (Å²) in [5.74, 6) is 0. The van der Waals surface area contributed by atoms with Gasteiger partial charge in [-0.25, -0.2) is 4.57 Å². The van der Waals surface area contributed by atoms with Crippen molar-refractivity contribution in [2.45, 2.75) is 41.5 Å². The maximum atomic E-state index is 6.68.